The molecule has 5 nitrogen and oxygen atoms in total. The summed E-state index contributed by atoms with van der Waals surface area (Å²) in [4.78, 5) is 12.3. The molecule has 1 aromatic carbocycles. The highest BCUT2D eigenvalue weighted by Gasteiger charge is 2.33. The van der Waals surface area contributed by atoms with Crippen LogP contribution in [0.2, 0.25) is 10.0 Å². The summed E-state index contributed by atoms with van der Waals surface area (Å²) in [5.41, 5.74) is 5.07. The van der Waals surface area contributed by atoms with Crippen LogP contribution in [0.15, 0.2) is 23.4 Å². The average molecular weight is 318 g/mol. The number of benzene rings is 1. The second kappa shape index (κ2) is 6.81. The maximum Gasteiger partial charge on any atom is 0.253 e. The predicted octanol–water partition coefficient (Wildman–Crippen LogP) is 3.03. The van der Waals surface area contributed by atoms with Gasteiger partial charge in [-0.25, -0.2) is 0 Å². The van der Waals surface area contributed by atoms with E-state index in [1.165, 1.54) is 12.1 Å². The van der Waals surface area contributed by atoms with E-state index in [2.05, 4.69) is 10.5 Å². The molecule has 0 aliphatic rings. The van der Waals surface area contributed by atoms with E-state index in [9.17, 15) is 4.79 Å². The minimum atomic E-state index is -0.908. The van der Waals surface area contributed by atoms with Crippen molar-refractivity contribution in [3.63, 3.8) is 0 Å². The van der Waals surface area contributed by atoms with Crippen LogP contribution in [-0.4, -0.2) is 22.5 Å². The van der Waals surface area contributed by atoms with Crippen LogP contribution in [0.1, 0.15) is 37.0 Å². The fourth-order valence-corrected chi connectivity index (χ4v) is 2.40. The molecule has 0 spiro atoms. The van der Waals surface area contributed by atoms with Crippen LogP contribution in [0.5, 0.6) is 0 Å². The van der Waals surface area contributed by atoms with Crippen molar-refractivity contribution in [1.82, 2.24) is 5.32 Å². The molecule has 0 atom stereocenters. The van der Waals surface area contributed by atoms with E-state index in [1.54, 1.807) is 6.07 Å². The monoisotopic (exact) mass is 317 g/mol. The molecule has 4 N–H and O–H groups in total. The molecule has 0 saturated carbocycles. The lowest BCUT2D eigenvalue weighted by Gasteiger charge is -2.31. The van der Waals surface area contributed by atoms with Gasteiger partial charge in [0.1, 0.15) is 5.54 Å². The molecule has 0 aromatic heterocycles. The predicted molar refractivity (Wildman–Crippen MR) is 80.7 cm³/mol. The lowest BCUT2D eigenvalue weighted by molar-refractivity contribution is 0.0918. The van der Waals surface area contributed by atoms with Crippen LogP contribution >= 0.6 is 23.2 Å². The summed E-state index contributed by atoms with van der Waals surface area (Å²) in [6.07, 6.45) is 0.965. The molecule has 0 unspecified atom stereocenters. The largest absolute Gasteiger partial charge is 0.409 e. The summed E-state index contributed by atoms with van der Waals surface area (Å²) >= 11 is 11.8. The Morgan fingerprint density at radius 2 is 2.00 bits per heavy atom. The quantitative estimate of drug-likeness (QED) is 0.337. The third-order valence-electron chi connectivity index (χ3n) is 3.33. The molecule has 0 bridgehead atoms. The number of oxime groups is 1. The minimum Gasteiger partial charge on any atom is -0.409 e. The molecule has 1 amide bonds. The zero-order valence-electron chi connectivity index (χ0n) is 11.3. The molecule has 0 fully saturated rings. The number of hydrogen-bond acceptors (Lipinski definition) is 3. The van der Waals surface area contributed by atoms with Gasteiger partial charge in [-0.2, -0.15) is 0 Å². The normalized spacial score (nSPS) is 12.3. The number of carbonyl (C=O) groups excluding carboxylic acids is 1. The Labute approximate surface area is 127 Å². The van der Waals surface area contributed by atoms with Gasteiger partial charge < -0.3 is 16.3 Å². The lowest BCUT2D eigenvalue weighted by Crippen LogP contribution is -2.56. The molecule has 1 rings (SSSR count). The van der Waals surface area contributed by atoms with Crippen molar-refractivity contribution in [2.24, 2.45) is 10.9 Å². The number of carbonyl (C=O) groups is 1. The highest BCUT2D eigenvalue weighted by atomic mass is 35.5. The van der Waals surface area contributed by atoms with Gasteiger partial charge in [-0.1, -0.05) is 42.2 Å². The van der Waals surface area contributed by atoms with Gasteiger partial charge in [-0.3, -0.25) is 4.79 Å². The second-order valence-electron chi connectivity index (χ2n) is 4.35. The summed E-state index contributed by atoms with van der Waals surface area (Å²) in [6.45, 7) is 3.68. The summed E-state index contributed by atoms with van der Waals surface area (Å²) < 4.78 is 0. The van der Waals surface area contributed by atoms with Crippen LogP contribution < -0.4 is 11.1 Å². The summed E-state index contributed by atoms with van der Waals surface area (Å²) in [6, 6.07) is 4.59. The van der Waals surface area contributed by atoms with Gasteiger partial charge in [0.15, 0.2) is 5.84 Å². The second-order valence-corrected chi connectivity index (χ2v) is 5.20. The molecule has 0 saturated heterocycles. The maximum absolute atomic E-state index is 12.3. The van der Waals surface area contributed by atoms with E-state index in [0.717, 1.165) is 0 Å². The molecular weight excluding hydrogens is 301 g/mol. The Balaban J connectivity index is 3.09. The fraction of sp³-hybridized carbons (Fsp3) is 0.385. The van der Waals surface area contributed by atoms with Gasteiger partial charge in [0.25, 0.3) is 5.91 Å². The number of rotatable bonds is 5. The Bertz CT molecular complexity index is 528. The molecule has 1 aromatic rings. The van der Waals surface area contributed by atoms with E-state index in [0.29, 0.717) is 17.9 Å². The van der Waals surface area contributed by atoms with Crippen LogP contribution in [0.3, 0.4) is 0 Å². The molecule has 7 heteroatoms. The van der Waals surface area contributed by atoms with E-state index in [1.807, 2.05) is 13.8 Å². The first kappa shape index (κ1) is 16.6. The summed E-state index contributed by atoms with van der Waals surface area (Å²) in [5, 5.41) is 15.4. The number of nitrogens with zero attached hydrogens (tertiary/aromatic N) is 1. The summed E-state index contributed by atoms with van der Waals surface area (Å²) in [7, 11) is 0. The van der Waals surface area contributed by atoms with Crippen molar-refractivity contribution in [1.29, 1.82) is 0 Å². The molecule has 0 aliphatic heterocycles. The van der Waals surface area contributed by atoms with Crippen LogP contribution in [-0.2, 0) is 0 Å². The average Bonchev–Trinajstić information content (AvgIpc) is 2.43. The van der Waals surface area contributed by atoms with E-state index in [4.69, 9.17) is 34.1 Å². The first-order valence-electron chi connectivity index (χ1n) is 6.15. The Kier molecular flexibility index (Phi) is 5.65. The van der Waals surface area contributed by atoms with Crippen LogP contribution in [0.25, 0.3) is 0 Å². The van der Waals surface area contributed by atoms with Crippen molar-refractivity contribution in [3.8, 4) is 0 Å². The number of nitrogens with two attached hydrogens (primary N) is 1. The molecule has 0 aliphatic carbocycles. The maximum atomic E-state index is 12.3. The lowest BCUT2D eigenvalue weighted by atomic mass is 9.91. The fourth-order valence-electron chi connectivity index (χ4n) is 1.91. The van der Waals surface area contributed by atoms with Crippen LogP contribution in [0, 0.1) is 0 Å². The van der Waals surface area contributed by atoms with Gasteiger partial charge in [-0.15, -0.1) is 0 Å². The molecule has 0 heterocycles. The smallest absolute Gasteiger partial charge is 0.253 e. The summed E-state index contributed by atoms with van der Waals surface area (Å²) in [5.74, 6) is -0.442. The zero-order chi connectivity index (χ0) is 15.3. The van der Waals surface area contributed by atoms with Crippen molar-refractivity contribution >= 4 is 34.9 Å². The topological polar surface area (TPSA) is 87.7 Å². The Morgan fingerprint density at radius 3 is 2.45 bits per heavy atom. The van der Waals surface area contributed by atoms with E-state index >= 15 is 0 Å². The van der Waals surface area contributed by atoms with Gasteiger partial charge >= 0.3 is 0 Å². The van der Waals surface area contributed by atoms with Crippen molar-refractivity contribution in [2.75, 3.05) is 0 Å². The van der Waals surface area contributed by atoms with E-state index < -0.39 is 11.4 Å². The van der Waals surface area contributed by atoms with Gasteiger partial charge in [0.05, 0.1) is 10.6 Å². The Hall–Kier alpha value is -1.46. The number of amidine groups is 1. The van der Waals surface area contributed by atoms with Gasteiger partial charge in [0, 0.05) is 5.02 Å². The standard InChI is InChI=1S/C13H17Cl2N3O2/c1-3-13(4-2,12(16)18-20)17-11(19)9-6-5-8(14)7-10(9)15/h5-7,20H,3-4H2,1-2H3,(H2,16,18)(H,17,19). The highest BCUT2D eigenvalue weighted by molar-refractivity contribution is 6.36. The minimum absolute atomic E-state index is 0.0408. The SMILES string of the molecule is CCC(CC)(NC(=O)c1ccc(Cl)cc1Cl)/C(N)=N/O. The van der Waals surface area contributed by atoms with Crippen molar-refractivity contribution in [2.45, 2.75) is 32.2 Å². The number of nitrogens with one attached hydrogen (secondary N) is 1. The van der Waals surface area contributed by atoms with E-state index in [-0.39, 0.29) is 16.4 Å². The van der Waals surface area contributed by atoms with Gasteiger partial charge in [-0.05, 0) is 31.0 Å². The van der Waals surface area contributed by atoms with Crippen LogP contribution in [0.4, 0.5) is 0 Å². The number of amides is 1. The first-order chi connectivity index (χ1) is 9.40. The Morgan fingerprint density at radius 1 is 1.40 bits per heavy atom. The van der Waals surface area contributed by atoms with Gasteiger partial charge in [0.2, 0.25) is 0 Å². The van der Waals surface area contributed by atoms with Crippen molar-refractivity contribution in [3.05, 3.63) is 33.8 Å². The molecule has 0 radical (unpaired) electrons. The third-order valence-corrected chi connectivity index (χ3v) is 3.88. The zero-order valence-corrected chi connectivity index (χ0v) is 12.8. The molecular formula is C13H17Cl2N3O2. The van der Waals surface area contributed by atoms with Crippen molar-refractivity contribution < 1.29 is 10.0 Å². The third kappa shape index (κ3) is 3.35. The molecule has 20 heavy (non-hydrogen) atoms. The highest BCUT2D eigenvalue weighted by Crippen LogP contribution is 2.23. The number of hydrogen-bond donors (Lipinski definition) is 3. The number of halogens is 2. The molecule has 110 valence electrons. The first-order valence-corrected chi connectivity index (χ1v) is 6.91.